The predicted octanol–water partition coefficient (Wildman–Crippen LogP) is 4.36. The summed E-state index contributed by atoms with van der Waals surface area (Å²) in [5.74, 6) is -0.155. The van der Waals surface area contributed by atoms with Crippen molar-refractivity contribution in [2.45, 2.75) is 32.7 Å². The summed E-state index contributed by atoms with van der Waals surface area (Å²) in [6, 6.07) is 9.61. The first-order valence-corrected chi connectivity index (χ1v) is 10.2. The Bertz CT molecular complexity index is 935. The van der Waals surface area contributed by atoms with E-state index in [0.29, 0.717) is 54.5 Å². The largest absolute Gasteiger partial charge is 0.450 e. The van der Waals surface area contributed by atoms with E-state index in [0.717, 1.165) is 16.0 Å². The molecule has 1 aliphatic heterocycles. The van der Waals surface area contributed by atoms with Gasteiger partial charge in [-0.15, -0.1) is 11.3 Å². The second kappa shape index (κ2) is 9.09. The van der Waals surface area contributed by atoms with E-state index in [1.165, 1.54) is 11.3 Å². The van der Waals surface area contributed by atoms with Crippen LogP contribution < -0.4 is 5.32 Å². The highest BCUT2D eigenvalue weighted by molar-refractivity contribution is 7.16. The lowest BCUT2D eigenvalue weighted by Gasteiger charge is -2.25. The Morgan fingerprint density at radius 1 is 1.43 bits per heavy atom. The Labute approximate surface area is 172 Å². The van der Waals surface area contributed by atoms with Crippen LogP contribution in [0.25, 0.3) is 0 Å². The summed E-state index contributed by atoms with van der Waals surface area (Å²) >= 11 is 7.32. The van der Waals surface area contributed by atoms with Gasteiger partial charge in [0.05, 0.1) is 18.7 Å². The standard InChI is InChI=1S/C20H20ClN3O3S/c1-2-27-20(26)24-9-8-15-16(11-22)19(28-17(15)12-24)23-18(25)7-6-13-4-3-5-14(21)10-13/h3-5,10H,2,6-9,12H2,1H3,(H,23,25). The van der Waals surface area contributed by atoms with Crippen molar-refractivity contribution in [1.82, 2.24) is 4.90 Å². The molecule has 0 aliphatic carbocycles. The smallest absolute Gasteiger partial charge is 0.410 e. The first-order valence-electron chi connectivity index (χ1n) is 9.02. The van der Waals surface area contributed by atoms with E-state index < -0.39 is 0 Å². The van der Waals surface area contributed by atoms with Crippen molar-refractivity contribution in [2.75, 3.05) is 18.5 Å². The second-order valence-electron chi connectivity index (χ2n) is 6.37. The molecule has 146 valence electrons. The fourth-order valence-corrected chi connectivity index (χ4v) is 4.56. The topological polar surface area (TPSA) is 82.4 Å². The summed E-state index contributed by atoms with van der Waals surface area (Å²) in [5.41, 5.74) is 2.40. The number of amides is 2. The molecule has 8 heteroatoms. The lowest BCUT2D eigenvalue weighted by Crippen LogP contribution is -2.35. The van der Waals surface area contributed by atoms with Gasteiger partial charge in [-0.25, -0.2) is 4.79 Å². The molecule has 0 atom stereocenters. The number of aryl methyl sites for hydroxylation is 1. The number of hydrogen-bond acceptors (Lipinski definition) is 5. The molecule has 3 rings (SSSR count). The maximum absolute atomic E-state index is 12.4. The number of hydrogen-bond donors (Lipinski definition) is 1. The molecule has 2 aromatic rings. The van der Waals surface area contributed by atoms with Crippen LogP contribution in [-0.4, -0.2) is 30.1 Å². The quantitative estimate of drug-likeness (QED) is 0.783. The third-order valence-corrected chi connectivity index (χ3v) is 5.84. The van der Waals surface area contributed by atoms with Gasteiger partial charge in [-0.2, -0.15) is 5.26 Å². The molecule has 2 heterocycles. The Morgan fingerprint density at radius 2 is 2.25 bits per heavy atom. The number of halogens is 1. The molecule has 0 spiro atoms. The number of ether oxygens (including phenoxy) is 1. The Morgan fingerprint density at radius 3 is 2.96 bits per heavy atom. The van der Waals surface area contributed by atoms with Crippen LogP contribution in [-0.2, 0) is 28.9 Å². The van der Waals surface area contributed by atoms with E-state index in [1.807, 2.05) is 18.2 Å². The van der Waals surface area contributed by atoms with Crippen LogP contribution >= 0.6 is 22.9 Å². The van der Waals surface area contributed by atoms with Crippen LogP contribution in [0.1, 0.15) is 34.9 Å². The third kappa shape index (κ3) is 4.64. The van der Waals surface area contributed by atoms with E-state index in [9.17, 15) is 14.9 Å². The summed E-state index contributed by atoms with van der Waals surface area (Å²) in [7, 11) is 0. The molecule has 0 radical (unpaired) electrons. The number of nitriles is 1. The van der Waals surface area contributed by atoms with E-state index in [4.69, 9.17) is 16.3 Å². The number of carbonyl (C=O) groups is 2. The number of thiophene rings is 1. The zero-order valence-corrected chi connectivity index (χ0v) is 17.0. The van der Waals surface area contributed by atoms with Gasteiger partial charge < -0.3 is 15.0 Å². The molecular weight excluding hydrogens is 398 g/mol. The minimum atomic E-state index is -0.354. The molecule has 0 saturated heterocycles. The molecule has 6 nitrogen and oxygen atoms in total. The SMILES string of the molecule is CCOC(=O)N1CCc2c(sc(NC(=O)CCc3cccc(Cl)c3)c2C#N)C1. The summed E-state index contributed by atoms with van der Waals surface area (Å²) in [6.45, 7) is 2.98. The van der Waals surface area contributed by atoms with Crippen molar-refractivity contribution in [2.24, 2.45) is 0 Å². The van der Waals surface area contributed by atoms with Crippen molar-refractivity contribution in [3.05, 3.63) is 50.9 Å². The van der Waals surface area contributed by atoms with Gasteiger partial charge in [-0.05, 0) is 43.0 Å². The van der Waals surface area contributed by atoms with Crippen LogP contribution in [0.15, 0.2) is 24.3 Å². The first kappa shape index (κ1) is 20.2. The van der Waals surface area contributed by atoms with Crippen LogP contribution in [0.2, 0.25) is 5.02 Å². The zero-order chi connectivity index (χ0) is 20.1. The maximum Gasteiger partial charge on any atom is 0.410 e. The number of anilines is 1. The van der Waals surface area contributed by atoms with Gasteiger partial charge in [0.2, 0.25) is 5.91 Å². The van der Waals surface area contributed by atoms with Crippen LogP contribution in [0, 0.1) is 11.3 Å². The number of nitrogens with one attached hydrogen (secondary N) is 1. The predicted molar refractivity (Wildman–Crippen MR) is 109 cm³/mol. The van der Waals surface area contributed by atoms with Crippen LogP contribution in [0.5, 0.6) is 0 Å². The van der Waals surface area contributed by atoms with Crippen molar-refractivity contribution in [1.29, 1.82) is 5.26 Å². The van der Waals surface area contributed by atoms with E-state index in [2.05, 4.69) is 11.4 Å². The molecule has 28 heavy (non-hydrogen) atoms. The molecule has 1 aromatic heterocycles. The Balaban J connectivity index is 1.67. The minimum Gasteiger partial charge on any atom is -0.450 e. The van der Waals surface area contributed by atoms with Gasteiger partial charge >= 0.3 is 6.09 Å². The molecular formula is C20H20ClN3O3S. The monoisotopic (exact) mass is 417 g/mol. The number of rotatable bonds is 5. The molecule has 1 N–H and O–H groups in total. The highest BCUT2D eigenvalue weighted by Gasteiger charge is 2.28. The fourth-order valence-electron chi connectivity index (χ4n) is 3.12. The molecule has 0 saturated carbocycles. The molecule has 1 aromatic carbocycles. The number of fused-ring (bicyclic) bond motifs is 1. The number of carbonyl (C=O) groups excluding carboxylic acids is 2. The van der Waals surface area contributed by atoms with Gasteiger partial charge in [0, 0.05) is 22.9 Å². The lowest BCUT2D eigenvalue weighted by atomic mass is 10.0. The van der Waals surface area contributed by atoms with Gasteiger partial charge in [-0.1, -0.05) is 23.7 Å². The van der Waals surface area contributed by atoms with Crippen molar-refractivity contribution in [3.63, 3.8) is 0 Å². The number of nitrogens with zero attached hydrogens (tertiary/aromatic N) is 2. The summed E-state index contributed by atoms with van der Waals surface area (Å²) in [4.78, 5) is 26.9. The highest BCUT2D eigenvalue weighted by Crippen LogP contribution is 2.36. The van der Waals surface area contributed by atoms with E-state index >= 15 is 0 Å². The first-order chi connectivity index (χ1) is 13.5. The third-order valence-electron chi connectivity index (χ3n) is 4.48. The minimum absolute atomic E-state index is 0.155. The molecule has 0 bridgehead atoms. The normalized spacial score (nSPS) is 12.8. The van der Waals surface area contributed by atoms with E-state index in [1.54, 1.807) is 17.9 Å². The zero-order valence-electron chi connectivity index (χ0n) is 15.5. The van der Waals surface area contributed by atoms with Gasteiger partial charge in [0.1, 0.15) is 11.1 Å². The van der Waals surface area contributed by atoms with Crippen LogP contribution in [0.3, 0.4) is 0 Å². The molecule has 2 amide bonds. The van der Waals surface area contributed by atoms with Gasteiger partial charge in [0.15, 0.2) is 0 Å². The van der Waals surface area contributed by atoms with Crippen molar-refractivity contribution >= 4 is 39.9 Å². The van der Waals surface area contributed by atoms with Crippen LogP contribution in [0.4, 0.5) is 9.80 Å². The van der Waals surface area contributed by atoms with Gasteiger partial charge in [0.25, 0.3) is 0 Å². The summed E-state index contributed by atoms with van der Waals surface area (Å²) in [6.07, 6.45) is 1.08. The fraction of sp³-hybridized carbons (Fsp3) is 0.350. The Hall–Kier alpha value is -2.56. The van der Waals surface area contributed by atoms with Crippen molar-refractivity contribution < 1.29 is 14.3 Å². The maximum atomic E-state index is 12.4. The summed E-state index contributed by atoms with van der Waals surface area (Å²) in [5, 5.41) is 13.6. The average molecular weight is 418 g/mol. The highest BCUT2D eigenvalue weighted by atomic mass is 35.5. The molecule has 0 unspecified atom stereocenters. The number of benzene rings is 1. The lowest BCUT2D eigenvalue weighted by molar-refractivity contribution is -0.116. The van der Waals surface area contributed by atoms with E-state index in [-0.39, 0.29) is 12.0 Å². The second-order valence-corrected chi connectivity index (χ2v) is 7.91. The Kier molecular flexibility index (Phi) is 6.55. The average Bonchev–Trinajstić information content (AvgIpc) is 3.02. The van der Waals surface area contributed by atoms with Crippen molar-refractivity contribution in [3.8, 4) is 6.07 Å². The summed E-state index contributed by atoms with van der Waals surface area (Å²) < 4.78 is 5.05. The van der Waals surface area contributed by atoms with Gasteiger partial charge in [-0.3, -0.25) is 4.79 Å². The molecule has 0 fully saturated rings. The molecule has 1 aliphatic rings.